The van der Waals surface area contributed by atoms with Gasteiger partial charge in [0.2, 0.25) is 0 Å². The predicted molar refractivity (Wildman–Crippen MR) is 92.2 cm³/mol. The number of pyridine rings is 1. The molecule has 0 aliphatic rings. The summed E-state index contributed by atoms with van der Waals surface area (Å²) in [5.41, 5.74) is 6.01. The lowest BCUT2D eigenvalue weighted by molar-refractivity contribution is 0.898. The summed E-state index contributed by atoms with van der Waals surface area (Å²) in [6, 6.07) is 21.1. The second-order valence-electron chi connectivity index (χ2n) is 5.54. The van der Waals surface area contributed by atoms with E-state index in [1.807, 2.05) is 49.1 Å². The zero-order valence-electron chi connectivity index (χ0n) is 12.6. The van der Waals surface area contributed by atoms with Gasteiger partial charge in [0, 0.05) is 36.2 Å². The molecule has 23 heavy (non-hydrogen) atoms. The van der Waals surface area contributed by atoms with Gasteiger partial charge in [-0.15, -0.1) is 0 Å². The average molecular weight is 299 g/mol. The zero-order chi connectivity index (χ0) is 15.5. The zero-order valence-corrected chi connectivity index (χ0v) is 12.6. The number of aromatic amines is 2. The van der Waals surface area contributed by atoms with Crippen LogP contribution in [-0.4, -0.2) is 15.0 Å². The maximum atomic E-state index is 4.08. The summed E-state index contributed by atoms with van der Waals surface area (Å²) < 4.78 is 0. The van der Waals surface area contributed by atoms with Crippen LogP contribution >= 0.6 is 0 Å². The Balaban J connectivity index is 1.73. The first-order valence-corrected chi connectivity index (χ1v) is 7.69. The molecule has 0 aliphatic heterocycles. The molecule has 0 saturated heterocycles. The van der Waals surface area contributed by atoms with Crippen molar-refractivity contribution in [1.82, 2.24) is 15.0 Å². The molecule has 0 aliphatic carbocycles. The Morgan fingerprint density at radius 1 is 0.652 bits per heavy atom. The van der Waals surface area contributed by atoms with E-state index < -0.39 is 0 Å². The molecule has 0 amide bonds. The van der Waals surface area contributed by atoms with E-state index in [9.17, 15) is 0 Å². The fraction of sp³-hybridized carbons (Fsp3) is 0.0500. The van der Waals surface area contributed by atoms with Gasteiger partial charge in [0.1, 0.15) is 0 Å². The number of aromatic nitrogens is 3. The maximum absolute atomic E-state index is 4.08. The third kappa shape index (κ3) is 2.69. The lowest BCUT2D eigenvalue weighted by Crippen LogP contribution is -2.04. The fourth-order valence-electron chi connectivity index (χ4n) is 2.99. The van der Waals surface area contributed by atoms with Gasteiger partial charge in [0.15, 0.2) is 0 Å². The van der Waals surface area contributed by atoms with E-state index >= 15 is 0 Å². The van der Waals surface area contributed by atoms with Crippen LogP contribution in [0.2, 0.25) is 0 Å². The van der Waals surface area contributed by atoms with Gasteiger partial charge < -0.3 is 9.97 Å². The summed E-state index contributed by atoms with van der Waals surface area (Å²) in [4.78, 5) is 10.8. The van der Waals surface area contributed by atoms with Gasteiger partial charge in [0.25, 0.3) is 0 Å². The van der Waals surface area contributed by atoms with Crippen molar-refractivity contribution in [1.29, 1.82) is 0 Å². The summed E-state index contributed by atoms with van der Waals surface area (Å²) >= 11 is 0. The van der Waals surface area contributed by atoms with E-state index in [-0.39, 0.29) is 5.92 Å². The molecule has 0 fully saturated rings. The lowest BCUT2D eigenvalue weighted by Gasteiger charge is -2.16. The van der Waals surface area contributed by atoms with Crippen LogP contribution in [0.25, 0.3) is 11.1 Å². The molecule has 3 heteroatoms. The minimum atomic E-state index is 0.187. The summed E-state index contributed by atoms with van der Waals surface area (Å²) in [6.07, 6.45) is 7.58. The van der Waals surface area contributed by atoms with Gasteiger partial charge in [-0.25, -0.2) is 0 Å². The molecule has 4 aromatic rings. The third-order valence-electron chi connectivity index (χ3n) is 4.12. The minimum absolute atomic E-state index is 0.187. The number of benzene rings is 1. The van der Waals surface area contributed by atoms with Crippen molar-refractivity contribution in [2.45, 2.75) is 5.92 Å². The van der Waals surface area contributed by atoms with Crippen molar-refractivity contribution in [3.05, 3.63) is 102 Å². The first kappa shape index (κ1) is 13.6. The van der Waals surface area contributed by atoms with E-state index in [1.54, 1.807) is 0 Å². The van der Waals surface area contributed by atoms with Crippen LogP contribution in [0.5, 0.6) is 0 Å². The number of H-pyrrole nitrogens is 2. The van der Waals surface area contributed by atoms with Crippen molar-refractivity contribution in [3.63, 3.8) is 0 Å². The number of hydrogen-bond acceptors (Lipinski definition) is 1. The van der Waals surface area contributed by atoms with Crippen LogP contribution in [0.3, 0.4) is 0 Å². The van der Waals surface area contributed by atoms with Gasteiger partial charge in [-0.05, 0) is 53.1 Å². The second kappa shape index (κ2) is 5.97. The first-order chi connectivity index (χ1) is 11.4. The van der Waals surface area contributed by atoms with Gasteiger partial charge >= 0.3 is 0 Å². The van der Waals surface area contributed by atoms with E-state index in [1.165, 1.54) is 28.1 Å². The Hall–Kier alpha value is -3.07. The molecule has 0 atom stereocenters. The van der Waals surface area contributed by atoms with Gasteiger partial charge in [-0.1, -0.05) is 24.3 Å². The normalized spacial score (nSPS) is 11.0. The highest BCUT2D eigenvalue weighted by Gasteiger charge is 2.18. The highest BCUT2D eigenvalue weighted by molar-refractivity contribution is 5.63. The predicted octanol–water partition coefficient (Wildman–Crippen LogP) is 4.59. The van der Waals surface area contributed by atoms with Crippen molar-refractivity contribution < 1.29 is 0 Å². The van der Waals surface area contributed by atoms with Crippen LogP contribution < -0.4 is 0 Å². The third-order valence-corrected chi connectivity index (χ3v) is 4.12. The van der Waals surface area contributed by atoms with Crippen LogP contribution in [0.1, 0.15) is 22.9 Å². The number of nitrogens with zero attached hydrogens (tertiary/aromatic N) is 1. The quantitative estimate of drug-likeness (QED) is 0.569. The monoisotopic (exact) mass is 299 g/mol. The highest BCUT2D eigenvalue weighted by atomic mass is 14.7. The van der Waals surface area contributed by atoms with E-state index in [2.05, 4.69) is 51.4 Å². The van der Waals surface area contributed by atoms with Crippen LogP contribution in [0.15, 0.2) is 85.5 Å². The van der Waals surface area contributed by atoms with Crippen molar-refractivity contribution in [2.24, 2.45) is 0 Å². The second-order valence-corrected chi connectivity index (χ2v) is 5.54. The molecule has 2 N–H and O–H groups in total. The SMILES string of the molecule is c1c[nH]c(C(c2ccc(-c3ccncc3)cc2)c2ccc[nH]2)c1. The molecule has 3 aromatic heterocycles. The van der Waals surface area contributed by atoms with Crippen molar-refractivity contribution in [2.75, 3.05) is 0 Å². The fourth-order valence-corrected chi connectivity index (χ4v) is 2.99. The summed E-state index contributed by atoms with van der Waals surface area (Å²) in [5, 5.41) is 0. The highest BCUT2D eigenvalue weighted by Crippen LogP contribution is 2.31. The van der Waals surface area contributed by atoms with Gasteiger partial charge in [0.05, 0.1) is 5.92 Å². The average Bonchev–Trinajstić information content (AvgIpc) is 3.31. The molecule has 3 heterocycles. The molecular formula is C20H17N3. The Morgan fingerprint density at radius 3 is 1.74 bits per heavy atom. The molecule has 0 radical (unpaired) electrons. The Morgan fingerprint density at radius 2 is 1.22 bits per heavy atom. The maximum Gasteiger partial charge on any atom is 0.0641 e. The molecular weight excluding hydrogens is 282 g/mol. The summed E-state index contributed by atoms with van der Waals surface area (Å²) in [6.45, 7) is 0. The summed E-state index contributed by atoms with van der Waals surface area (Å²) in [5.74, 6) is 0.187. The number of nitrogens with one attached hydrogen (secondary N) is 2. The smallest absolute Gasteiger partial charge is 0.0641 e. The largest absolute Gasteiger partial charge is 0.364 e. The Labute approximate surface area is 135 Å². The van der Waals surface area contributed by atoms with Crippen LogP contribution in [0.4, 0.5) is 0 Å². The molecule has 0 unspecified atom stereocenters. The first-order valence-electron chi connectivity index (χ1n) is 7.69. The standard InChI is InChI=1S/C20H17N3/c1-3-18(22-11-1)20(19-4-2-12-23-19)17-7-5-15(6-8-17)16-9-13-21-14-10-16/h1-14,20,22-23H. The molecule has 0 bridgehead atoms. The molecule has 1 aromatic carbocycles. The molecule has 3 nitrogen and oxygen atoms in total. The molecule has 112 valence electrons. The summed E-state index contributed by atoms with van der Waals surface area (Å²) in [7, 11) is 0. The van der Waals surface area contributed by atoms with Gasteiger partial charge in [-0.3, -0.25) is 4.98 Å². The molecule has 0 saturated carbocycles. The van der Waals surface area contributed by atoms with Crippen molar-refractivity contribution in [3.8, 4) is 11.1 Å². The molecule has 4 rings (SSSR count). The van der Waals surface area contributed by atoms with Crippen LogP contribution in [-0.2, 0) is 0 Å². The van der Waals surface area contributed by atoms with E-state index in [0.29, 0.717) is 0 Å². The molecule has 0 spiro atoms. The van der Waals surface area contributed by atoms with E-state index in [4.69, 9.17) is 0 Å². The number of rotatable bonds is 4. The lowest BCUT2D eigenvalue weighted by atomic mass is 9.91. The van der Waals surface area contributed by atoms with Crippen molar-refractivity contribution >= 4 is 0 Å². The van der Waals surface area contributed by atoms with Crippen LogP contribution in [0, 0.1) is 0 Å². The topological polar surface area (TPSA) is 44.5 Å². The van der Waals surface area contributed by atoms with Gasteiger partial charge in [-0.2, -0.15) is 0 Å². The Kier molecular flexibility index (Phi) is 3.53. The number of hydrogen-bond donors (Lipinski definition) is 2. The minimum Gasteiger partial charge on any atom is -0.364 e. The van der Waals surface area contributed by atoms with E-state index in [0.717, 1.165) is 0 Å². The Bertz CT molecular complexity index is 811.